The first kappa shape index (κ1) is 25.9. The number of rotatable bonds is 8. The van der Waals surface area contributed by atoms with E-state index in [1.165, 1.54) is 11.8 Å². The van der Waals surface area contributed by atoms with Crippen LogP contribution in [-0.4, -0.2) is 55.8 Å². The van der Waals surface area contributed by atoms with Gasteiger partial charge in [0.25, 0.3) is 5.91 Å². The molecule has 1 aliphatic rings. The summed E-state index contributed by atoms with van der Waals surface area (Å²) in [5.41, 5.74) is 2.82. The van der Waals surface area contributed by atoms with E-state index in [1.54, 1.807) is 12.0 Å². The lowest BCUT2D eigenvalue weighted by atomic mass is 10.1. The molecule has 3 aromatic carbocycles. The molecule has 1 heterocycles. The summed E-state index contributed by atoms with van der Waals surface area (Å²) in [7, 11) is 3.64. The molecule has 35 heavy (non-hydrogen) atoms. The lowest BCUT2D eigenvalue weighted by molar-refractivity contribution is -0.126. The molecule has 2 atom stereocenters. The number of benzene rings is 3. The number of methoxy groups -OCH3 is 1. The number of likely N-dealkylation sites (N-methyl/N-ethyl adjacent to an activating group) is 1. The summed E-state index contributed by atoms with van der Waals surface area (Å²) in [4.78, 5) is 18.3. The molecule has 3 aromatic rings. The molecule has 0 radical (unpaired) electrons. The van der Waals surface area contributed by atoms with Crippen molar-refractivity contribution in [1.29, 1.82) is 0 Å². The number of para-hydroxylation sites is 1. The van der Waals surface area contributed by atoms with Gasteiger partial charge in [-0.3, -0.25) is 4.79 Å². The first-order valence-electron chi connectivity index (χ1n) is 11.4. The lowest BCUT2D eigenvalue weighted by Crippen LogP contribution is -2.44. The van der Waals surface area contributed by atoms with Gasteiger partial charge in [-0.05, 0) is 61.0 Å². The van der Waals surface area contributed by atoms with Gasteiger partial charge in [-0.15, -0.1) is 11.8 Å². The second kappa shape index (κ2) is 11.7. The zero-order chi connectivity index (χ0) is 24.9. The molecule has 8 heteroatoms. The summed E-state index contributed by atoms with van der Waals surface area (Å²) in [6, 6.07) is 21.0. The molecule has 0 saturated carbocycles. The van der Waals surface area contributed by atoms with Crippen molar-refractivity contribution in [2.75, 3.05) is 38.7 Å². The fraction of sp³-hybridized carbons (Fsp3) is 0.296. The first-order valence-corrected chi connectivity index (χ1v) is 13.0. The number of amides is 1. The van der Waals surface area contributed by atoms with Crippen molar-refractivity contribution in [3.05, 3.63) is 87.9 Å². The topological polar surface area (TPSA) is 53.0 Å². The van der Waals surface area contributed by atoms with Gasteiger partial charge in [0.05, 0.1) is 28.1 Å². The average molecular weight is 532 g/mol. The Kier molecular flexibility index (Phi) is 8.63. The van der Waals surface area contributed by atoms with E-state index in [-0.39, 0.29) is 5.91 Å². The van der Waals surface area contributed by atoms with Crippen LogP contribution in [0, 0.1) is 0 Å². The van der Waals surface area contributed by atoms with Crippen LogP contribution in [0.4, 0.5) is 5.69 Å². The number of fused-ring (bicyclic) bond motifs is 1. The fourth-order valence-electron chi connectivity index (χ4n) is 4.06. The zero-order valence-corrected chi connectivity index (χ0v) is 22.0. The average Bonchev–Trinajstić information content (AvgIpc) is 2.98. The van der Waals surface area contributed by atoms with E-state index in [9.17, 15) is 9.90 Å². The van der Waals surface area contributed by atoms with Gasteiger partial charge in [0.15, 0.2) is 0 Å². The van der Waals surface area contributed by atoms with Crippen LogP contribution in [0.3, 0.4) is 0 Å². The summed E-state index contributed by atoms with van der Waals surface area (Å²) in [6.07, 6.45) is -0.349. The normalized spacial score (nSPS) is 17.9. The number of carbonyl (C=O) groups is 1. The number of thioether (sulfide) groups is 1. The van der Waals surface area contributed by atoms with E-state index in [4.69, 9.17) is 27.9 Å². The number of hydrogen-bond donors (Lipinski definition) is 1. The van der Waals surface area contributed by atoms with Crippen LogP contribution in [0.5, 0.6) is 5.75 Å². The molecular weight excluding hydrogens is 503 g/mol. The summed E-state index contributed by atoms with van der Waals surface area (Å²) < 4.78 is 5.25. The van der Waals surface area contributed by atoms with E-state index in [0.29, 0.717) is 23.1 Å². The van der Waals surface area contributed by atoms with Crippen LogP contribution >= 0.6 is 35.0 Å². The zero-order valence-electron chi connectivity index (χ0n) is 19.7. The molecule has 5 nitrogen and oxygen atoms in total. The Morgan fingerprint density at radius 2 is 1.77 bits per heavy atom. The minimum absolute atomic E-state index is 0.291. The van der Waals surface area contributed by atoms with Crippen LogP contribution in [0.2, 0.25) is 10.0 Å². The van der Waals surface area contributed by atoms with Gasteiger partial charge in [-0.1, -0.05) is 53.5 Å². The predicted molar refractivity (Wildman–Crippen MR) is 144 cm³/mol. The quantitative estimate of drug-likeness (QED) is 0.403. The van der Waals surface area contributed by atoms with Crippen molar-refractivity contribution in [3.63, 3.8) is 0 Å². The number of aliphatic hydroxyl groups excluding tert-OH is 1. The number of aliphatic hydroxyl groups is 1. The molecule has 0 aromatic heterocycles. The fourth-order valence-corrected chi connectivity index (χ4v) is 5.65. The van der Waals surface area contributed by atoms with Gasteiger partial charge in [-0.25, -0.2) is 0 Å². The van der Waals surface area contributed by atoms with Crippen molar-refractivity contribution in [2.45, 2.75) is 22.7 Å². The summed E-state index contributed by atoms with van der Waals surface area (Å²) in [5.74, 6) is 0.445. The van der Waals surface area contributed by atoms with E-state index >= 15 is 0 Å². The van der Waals surface area contributed by atoms with Gasteiger partial charge in [0, 0.05) is 24.5 Å². The molecule has 0 bridgehead atoms. The van der Waals surface area contributed by atoms with E-state index in [0.717, 1.165) is 40.4 Å². The Hall–Kier alpha value is -2.22. The van der Waals surface area contributed by atoms with E-state index < -0.39 is 11.4 Å². The molecular formula is C27H28Cl2N2O3S. The molecule has 184 valence electrons. The third-order valence-corrected chi connectivity index (χ3v) is 8.25. The largest absolute Gasteiger partial charge is 0.497 e. The Morgan fingerprint density at radius 3 is 2.49 bits per heavy atom. The molecule has 1 aliphatic heterocycles. The number of ether oxygens (including phenoxy) is 1. The Balaban J connectivity index is 1.47. The molecule has 0 fully saturated rings. The third-order valence-electron chi connectivity index (χ3n) is 6.13. The summed E-state index contributed by atoms with van der Waals surface area (Å²) in [6.45, 7) is 1.93. The second-order valence-electron chi connectivity index (χ2n) is 8.52. The highest BCUT2D eigenvalue weighted by Crippen LogP contribution is 2.45. The van der Waals surface area contributed by atoms with Crippen molar-refractivity contribution >= 4 is 46.6 Å². The Bertz CT molecular complexity index is 1180. The van der Waals surface area contributed by atoms with Gasteiger partial charge in [0.2, 0.25) is 0 Å². The maximum atomic E-state index is 13.5. The highest BCUT2D eigenvalue weighted by atomic mass is 35.5. The number of anilines is 1. The van der Waals surface area contributed by atoms with Crippen molar-refractivity contribution in [3.8, 4) is 5.75 Å². The predicted octanol–water partition coefficient (Wildman–Crippen LogP) is 5.72. The highest BCUT2D eigenvalue weighted by molar-refractivity contribution is 7.99. The smallest absolute Gasteiger partial charge is 0.257 e. The van der Waals surface area contributed by atoms with Crippen LogP contribution < -0.4 is 9.64 Å². The lowest BCUT2D eigenvalue weighted by Gasteiger charge is -2.27. The molecule has 0 aliphatic carbocycles. The monoisotopic (exact) mass is 530 g/mol. The number of nitrogens with zero attached hydrogens (tertiary/aromatic N) is 2. The molecule has 0 spiro atoms. The first-order chi connectivity index (χ1) is 16.9. The van der Waals surface area contributed by atoms with Gasteiger partial charge < -0.3 is 19.6 Å². The van der Waals surface area contributed by atoms with Crippen LogP contribution in [0.25, 0.3) is 0 Å². The molecule has 1 N–H and O–H groups in total. The second-order valence-corrected chi connectivity index (χ2v) is 10.5. The minimum atomic E-state index is -1.16. The molecule has 0 unspecified atom stereocenters. The number of hydrogen-bond acceptors (Lipinski definition) is 5. The number of carbonyl (C=O) groups excluding carboxylic acids is 1. The Morgan fingerprint density at radius 1 is 1.03 bits per heavy atom. The van der Waals surface area contributed by atoms with Crippen LogP contribution in [-0.2, 0) is 11.2 Å². The summed E-state index contributed by atoms with van der Waals surface area (Å²) in [5, 5.41) is 11.8. The van der Waals surface area contributed by atoms with Crippen molar-refractivity contribution in [1.82, 2.24) is 4.90 Å². The standard InChI is InChI=1S/C27H28Cl2N2O3S/c1-30(14-13-18-7-12-21(28)22(29)17-18)15-16-31-23-5-3-4-6-24(23)35-26(25(32)27(31)33)19-8-10-20(34-2)11-9-19/h3-12,17,25-26,32H,13-16H2,1-2H3/t25-,26+/m1/s1. The molecule has 0 saturated heterocycles. The summed E-state index contributed by atoms with van der Waals surface area (Å²) >= 11 is 13.7. The highest BCUT2D eigenvalue weighted by Gasteiger charge is 2.37. The number of halogens is 2. The van der Waals surface area contributed by atoms with Crippen LogP contribution in [0.1, 0.15) is 16.4 Å². The SMILES string of the molecule is COc1ccc([C@@H]2Sc3ccccc3N(CCN(C)CCc3ccc(Cl)c(Cl)c3)C(=O)[C@@H]2O)cc1. The van der Waals surface area contributed by atoms with Gasteiger partial charge in [-0.2, -0.15) is 0 Å². The Labute approximate surface area is 220 Å². The minimum Gasteiger partial charge on any atom is -0.497 e. The van der Waals surface area contributed by atoms with E-state index in [1.807, 2.05) is 73.8 Å². The maximum absolute atomic E-state index is 13.5. The molecule has 4 rings (SSSR count). The van der Waals surface area contributed by atoms with Crippen molar-refractivity contribution < 1.29 is 14.6 Å². The molecule has 1 amide bonds. The van der Waals surface area contributed by atoms with Crippen molar-refractivity contribution in [2.24, 2.45) is 0 Å². The third kappa shape index (κ3) is 6.13. The maximum Gasteiger partial charge on any atom is 0.257 e. The van der Waals surface area contributed by atoms with Crippen LogP contribution in [0.15, 0.2) is 71.6 Å². The van der Waals surface area contributed by atoms with Gasteiger partial charge in [0.1, 0.15) is 11.9 Å². The van der Waals surface area contributed by atoms with E-state index in [2.05, 4.69) is 4.90 Å². The van der Waals surface area contributed by atoms with Gasteiger partial charge >= 0.3 is 0 Å².